The van der Waals surface area contributed by atoms with E-state index in [9.17, 15) is 0 Å². The zero-order valence-corrected chi connectivity index (χ0v) is 38.0. The summed E-state index contributed by atoms with van der Waals surface area (Å²) in [6.45, 7) is 32.1. The minimum atomic E-state index is -2.34. The van der Waals surface area contributed by atoms with Gasteiger partial charge in [0.15, 0.2) is 0 Å². The average Bonchev–Trinajstić information content (AvgIpc) is 3.27. The van der Waals surface area contributed by atoms with E-state index in [1.54, 1.807) is 0 Å². The Balaban J connectivity index is 1.58. The molecule has 1 aliphatic heterocycles. The predicted molar refractivity (Wildman–Crippen MR) is 254 cm³/mol. The van der Waals surface area contributed by atoms with Crippen molar-refractivity contribution in [2.45, 2.75) is 109 Å². The topological polar surface area (TPSA) is 6.48 Å². The monoisotopic (exact) mass is 766 g/mol. The summed E-state index contributed by atoms with van der Waals surface area (Å²) in [5, 5.41) is 3.06. The normalized spacial score (nSPS) is 12.9. The van der Waals surface area contributed by atoms with Gasteiger partial charge in [0.25, 0.3) is 0 Å². The van der Waals surface area contributed by atoms with Crippen LogP contribution in [0.25, 0.3) is 12.2 Å². The van der Waals surface area contributed by atoms with Crippen molar-refractivity contribution in [3.63, 3.8) is 0 Å². The van der Waals surface area contributed by atoms with Gasteiger partial charge < -0.3 is 9.80 Å². The van der Waals surface area contributed by atoms with Crippen LogP contribution in [0.5, 0.6) is 0 Å². The summed E-state index contributed by atoms with van der Waals surface area (Å²) in [4.78, 5) is 5.23. The second-order valence-corrected chi connectivity index (χ2v) is 21.9. The highest BCUT2D eigenvalue weighted by Gasteiger charge is 2.40. The fourth-order valence-corrected chi connectivity index (χ4v) is 15.4. The molecule has 3 heteroatoms. The minimum Gasteiger partial charge on any atom is -0.309 e. The molecule has 0 spiro atoms. The third-order valence-corrected chi connectivity index (χ3v) is 18.1. The first kappa shape index (κ1) is 40.1. The van der Waals surface area contributed by atoms with Gasteiger partial charge >= 0.3 is 0 Å². The number of hydrogen-bond donors (Lipinski definition) is 0. The zero-order valence-electron chi connectivity index (χ0n) is 37.0. The molecule has 0 atom stereocenters. The van der Waals surface area contributed by atoms with E-state index in [0.29, 0.717) is 0 Å². The summed E-state index contributed by atoms with van der Waals surface area (Å²) in [7, 11) is -2.34. The highest BCUT2D eigenvalue weighted by molar-refractivity contribution is 7.03. The summed E-state index contributed by atoms with van der Waals surface area (Å²) in [6, 6.07) is 35.5. The maximum atomic E-state index is 2.61. The van der Waals surface area contributed by atoms with E-state index in [1.165, 1.54) is 122 Å². The Hall–Kier alpha value is -5.12. The van der Waals surface area contributed by atoms with E-state index in [2.05, 4.69) is 204 Å². The Morgan fingerprint density at radius 1 is 0.368 bits per heavy atom. The van der Waals surface area contributed by atoms with Crippen molar-refractivity contribution < 1.29 is 0 Å². The lowest BCUT2D eigenvalue weighted by molar-refractivity contribution is 1.16. The summed E-state index contributed by atoms with van der Waals surface area (Å²) in [6.07, 6.45) is 4.97. The second kappa shape index (κ2) is 15.3. The van der Waals surface area contributed by atoms with Crippen molar-refractivity contribution in [2.24, 2.45) is 0 Å². The van der Waals surface area contributed by atoms with Crippen molar-refractivity contribution in [2.75, 3.05) is 9.80 Å². The SMILES string of the molecule is CC[Si]1(CC)c2cccc(N(c3c(C)cc(C)cc3C)c3c(C)cc(C)cc3C)c2C=Cc2c(N(c3c(C)cc(C)cc3C)c3c(C)cc(C)cc3C)cccc21. The molecule has 292 valence electrons. The summed E-state index contributed by atoms with van der Waals surface area (Å²) in [5.41, 5.74) is 25.9. The molecule has 0 N–H and O–H groups in total. The van der Waals surface area contributed by atoms with Gasteiger partial charge in [0.1, 0.15) is 8.07 Å². The van der Waals surface area contributed by atoms with E-state index < -0.39 is 8.07 Å². The molecule has 0 saturated heterocycles. The molecule has 0 amide bonds. The Morgan fingerprint density at radius 2 is 0.614 bits per heavy atom. The van der Waals surface area contributed by atoms with E-state index in [1.807, 2.05) is 0 Å². The zero-order chi connectivity index (χ0) is 41.1. The molecule has 7 rings (SSSR count). The highest BCUT2D eigenvalue weighted by Crippen LogP contribution is 2.47. The predicted octanol–water partition coefficient (Wildman–Crippen LogP) is 14.4. The molecule has 6 aromatic carbocycles. The van der Waals surface area contributed by atoms with Gasteiger partial charge in [-0.2, -0.15) is 0 Å². The fourth-order valence-electron chi connectivity index (χ4n) is 10.8. The second-order valence-electron chi connectivity index (χ2n) is 17.3. The van der Waals surface area contributed by atoms with Gasteiger partial charge in [0.05, 0.1) is 34.1 Å². The van der Waals surface area contributed by atoms with Gasteiger partial charge in [-0.1, -0.05) is 133 Å². The molecular formula is C54H62N2Si. The lowest BCUT2D eigenvalue weighted by Gasteiger charge is -2.38. The molecule has 0 saturated carbocycles. The molecule has 0 unspecified atom stereocenters. The molecule has 0 bridgehead atoms. The smallest absolute Gasteiger partial charge is 0.119 e. The van der Waals surface area contributed by atoms with Gasteiger partial charge in [0.2, 0.25) is 0 Å². The van der Waals surface area contributed by atoms with E-state index in [0.717, 1.165) is 12.1 Å². The molecule has 0 aliphatic carbocycles. The van der Waals surface area contributed by atoms with Crippen molar-refractivity contribution in [1.29, 1.82) is 0 Å². The molecule has 6 aromatic rings. The molecule has 1 aliphatic rings. The summed E-state index contributed by atoms with van der Waals surface area (Å²) >= 11 is 0. The molecule has 0 aromatic heterocycles. The highest BCUT2D eigenvalue weighted by atomic mass is 28.3. The Morgan fingerprint density at radius 3 is 0.842 bits per heavy atom. The Bertz CT molecular complexity index is 2200. The van der Waals surface area contributed by atoms with Crippen LogP contribution in [0.4, 0.5) is 34.1 Å². The van der Waals surface area contributed by atoms with E-state index in [4.69, 9.17) is 0 Å². The van der Waals surface area contributed by atoms with Crippen LogP contribution in [-0.4, -0.2) is 8.07 Å². The lowest BCUT2D eigenvalue weighted by atomic mass is 9.97. The first-order valence-corrected chi connectivity index (χ1v) is 23.4. The number of fused-ring (bicyclic) bond motifs is 2. The minimum absolute atomic E-state index is 1.12. The third-order valence-electron chi connectivity index (χ3n) is 12.7. The van der Waals surface area contributed by atoms with Gasteiger partial charge in [0, 0.05) is 0 Å². The van der Waals surface area contributed by atoms with Crippen LogP contribution < -0.4 is 20.2 Å². The fraction of sp³-hybridized carbons (Fsp3) is 0.296. The molecule has 0 fully saturated rings. The molecule has 1 heterocycles. The van der Waals surface area contributed by atoms with Crippen LogP contribution in [0.1, 0.15) is 91.7 Å². The van der Waals surface area contributed by atoms with Gasteiger partial charge in [-0.3, -0.25) is 0 Å². The number of nitrogens with zero attached hydrogens (tertiary/aromatic N) is 2. The summed E-state index contributed by atoms with van der Waals surface area (Å²) < 4.78 is 0. The lowest BCUT2D eigenvalue weighted by Crippen LogP contribution is -2.58. The van der Waals surface area contributed by atoms with Crippen molar-refractivity contribution in [1.82, 2.24) is 0 Å². The molecule has 2 nitrogen and oxygen atoms in total. The largest absolute Gasteiger partial charge is 0.309 e. The average molecular weight is 767 g/mol. The van der Waals surface area contributed by atoms with Gasteiger partial charge in [-0.15, -0.1) is 0 Å². The summed E-state index contributed by atoms with van der Waals surface area (Å²) in [5.74, 6) is 0. The van der Waals surface area contributed by atoms with E-state index in [-0.39, 0.29) is 0 Å². The molecule has 0 radical (unpaired) electrons. The molecular weight excluding hydrogens is 705 g/mol. The van der Waals surface area contributed by atoms with Gasteiger partial charge in [-0.25, -0.2) is 0 Å². The van der Waals surface area contributed by atoms with Crippen LogP contribution in [-0.2, 0) is 0 Å². The Kier molecular flexibility index (Phi) is 10.8. The Labute approximate surface area is 344 Å². The van der Waals surface area contributed by atoms with Gasteiger partial charge in [-0.05, 0) is 161 Å². The third kappa shape index (κ3) is 6.78. The number of benzene rings is 6. The first-order chi connectivity index (χ1) is 27.1. The van der Waals surface area contributed by atoms with Crippen LogP contribution in [0, 0.1) is 83.1 Å². The van der Waals surface area contributed by atoms with Crippen molar-refractivity contribution in [3.05, 3.63) is 163 Å². The van der Waals surface area contributed by atoms with Crippen LogP contribution in [0.3, 0.4) is 0 Å². The maximum absolute atomic E-state index is 2.61. The van der Waals surface area contributed by atoms with Crippen molar-refractivity contribution >= 4 is 64.7 Å². The number of anilines is 6. The maximum Gasteiger partial charge on any atom is 0.119 e. The standard InChI is InChI=1S/C54H62N2Si/c1-15-57(16-2)49-21-17-19-47(55(51-37(7)25-33(3)26-38(51)8)52-39(9)27-34(4)28-40(52)10)45(49)23-24-46-48(20-18-22-50(46)57)56(53-41(11)29-35(5)30-42(53)12)54-43(13)31-36(6)32-44(54)14/h17-32H,15-16H2,1-14H3. The quantitative estimate of drug-likeness (QED) is 0.142. The van der Waals surface area contributed by atoms with Crippen LogP contribution in [0.15, 0.2) is 84.9 Å². The number of hydrogen-bond acceptors (Lipinski definition) is 2. The first-order valence-electron chi connectivity index (χ1n) is 21.0. The number of aryl methyl sites for hydroxylation is 12. The number of rotatable bonds is 8. The van der Waals surface area contributed by atoms with Crippen LogP contribution >= 0.6 is 0 Å². The van der Waals surface area contributed by atoms with Crippen molar-refractivity contribution in [3.8, 4) is 0 Å². The van der Waals surface area contributed by atoms with E-state index >= 15 is 0 Å². The molecule has 57 heavy (non-hydrogen) atoms. The van der Waals surface area contributed by atoms with Crippen LogP contribution in [0.2, 0.25) is 12.1 Å².